The third-order valence-electron chi connectivity index (χ3n) is 2.32. The molecule has 0 unspecified atom stereocenters. The fourth-order valence-corrected chi connectivity index (χ4v) is 1.80. The summed E-state index contributed by atoms with van der Waals surface area (Å²) in [7, 11) is 2.02. The van der Waals surface area contributed by atoms with Crippen molar-refractivity contribution in [3.8, 4) is 0 Å². The molecule has 0 amide bonds. The van der Waals surface area contributed by atoms with Gasteiger partial charge < -0.3 is 4.57 Å². The van der Waals surface area contributed by atoms with Crippen LogP contribution < -0.4 is 0 Å². The summed E-state index contributed by atoms with van der Waals surface area (Å²) >= 11 is 11.8. The third kappa shape index (κ3) is 1.32. The van der Waals surface area contributed by atoms with Crippen LogP contribution in [0.4, 0.5) is 0 Å². The van der Waals surface area contributed by atoms with Gasteiger partial charge in [0.1, 0.15) is 0 Å². The molecule has 3 heteroatoms. The fraction of sp³-hybridized carbons (Fsp3) is 0.200. The molecule has 1 heterocycles. The van der Waals surface area contributed by atoms with Gasteiger partial charge in [-0.1, -0.05) is 23.2 Å². The molecule has 1 aromatic carbocycles. The number of rotatable bonds is 0. The summed E-state index contributed by atoms with van der Waals surface area (Å²) in [4.78, 5) is 0. The number of fused-ring (bicyclic) bond motifs is 1. The van der Waals surface area contributed by atoms with Gasteiger partial charge in [0, 0.05) is 23.6 Å². The van der Waals surface area contributed by atoms with Crippen LogP contribution in [0, 0.1) is 6.92 Å². The molecule has 0 aliphatic carbocycles. The fourth-order valence-electron chi connectivity index (χ4n) is 1.47. The molecular formula is C10H9Cl2N. The second kappa shape index (κ2) is 2.93. The molecule has 0 saturated carbocycles. The van der Waals surface area contributed by atoms with E-state index in [1.54, 1.807) is 0 Å². The summed E-state index contributed by atoms with van der Waals surface area (Å²) in [6, 6.07) is 5.88. The molecule has 0 aliphatic heterocycles. The molecule has 0 fully saturated rings. The van der Waals surface area contributed by atoms with Crippen LogP contribution in [0.5, 0.6) is 0 Å². The van der Waals surface area contributed by atoms with Crippen LogP contribution in [-0.2, 0) is 7.05 Å². The predicted molar refractivity (Wildman–Crippen MR) is 57.7 cm³/mol. The molecular weight excluding hydrogens is 205 g/mol. The number of nitrogens with zero attached hydrogens (tertiary/aromatic N) is 1. The molecule has 2 aromatic rings. The minimum Gasteiger partial charge on any atom is -0.348 e. The molecule has 13 heavy (non-hydrogen) atoms. The summed E-state index contributed by atoms with van der Waals surface area (Å²) < 4.78 is 2.09. The van der Waals surface area contributed by atoms with E-state index in [1.807, 2.05) is 19.2 Å². The first-order valence-electron chi connectivity index (χ1n) is 4.00. The standard InChI is InChI=1S/C10H9Cl2N/c1-6-3-7-4-8(11)9(12)5-10(7)13(6)2/h3-5H,1-2H3. The van der Waals surface area contributed by atoms with E-state index in [9.17, 15) is 0 Å². The number of hydrogen-bond acceptors (Lipinski definition) is 0. The van der Waals surface area contributed by atoms with Crippen LogP contribution in [0.3, 0.4) is 0 Å². The highest BCUT2D eigenvalue weighted by molar-refractivity contribution is 6.42. The predicted octanol–water partition coefficient (Wildman–Crippen LogP) is 3.79. The molecule has 1 aromatic heterocycles. The van der Waals surface area contributed by atoms with E-state index in [0.717, 1.165) is 10.9 Å². The van der Waals surface area contributed by atoms with Crippen LogP contribution in [0.2, 0.25) is 10.0 Å². The van der Waals surface area contributed by atoms with Gasteiger partial charge in [0.15, 0.2) is 0 Å². The van der Waals surface area contributed by atoms with E-state index in [0.29, 0.717) is 10.0 Å². The topological polar surface area (TPSA) is 4.93 Å². The minimum absolute atomic E-state index is 0.607. The van der Waals surface area contributed by atoms with Crippen LogP contribution >= 0.6 is 23.2 Å². The van der Waals surface area contributed by atoms with Gasteiger partial charge in [0.05, 0.1) is 10.0 Å². The largest absolute Gasteiger partial charge is 0.348 e. The Balaban J connectivity index is 2.89. The third-order valence-corrected chi connectivity index (χ3v) is 3.05. The van der Waals surface area contributed by atoms with Crippen LogP contribution in [0.1, 0.15) is 5.69 Å². The highest BCUT2D eigenvalue weighted by Crippen LogP contribution is 2.29. The van der Waals surface area contributed by atoms with Crippen molar-refractivity contribution >= 4 is 34.1 Å². The molecule has 0 radical (unpaired) electrons. The Morgan fingerprint density at radius 3 is 2.38 bits per heavy atom. The van der Waals surface area contributed by atoms with Crippen molar-refractivity contribution < 1.29 is 0 Å². The second-order valence-corrected chi connectivity index (χ2v) is 3.98. The summed E-state index contributed by atoms with van der Waals surface area (Å²) in [5, 5.41) is 2.35. The summed E-state index contributed by atoms with van der Waals surface area (Å²) in [5.74, 6) is 0. The van der Waals surface area contributed by atoms with Crippen molar-refractivity contribution in [1.29, 1.82) is 0 Å². The highest BCUT2D eigenvalue weighted by atomic mass is 35.5. The van der Waals surface area contributed by atoms with Gasteiger partial charge in [-0.2, -0.15) is 0 Å². The minimum atomic E-state index is 0.607. The lowest BCUT2D eigenvalue weighted by Gasteiger charge is -2.00. The first-order valence-corrected chi connectivity index (χ1v) is 4.76. The summed E-state index contributed by atoms with van der Waals surface area (Å²) in [6.45, 7) is 2.06. The molecule has 0 saturated heterocycles. The molecule has 1 nitrogen and oxygen atoms in total. The monoisotopic (exact) mass is 213 g/mol. The van der Waals surface area contributed by atoms with Crippen molar-refractivity contribution in [2.24, 2.45) is 7.05 Å². The molecule has 2 rings (SSSR count). The van der Waals surface area contributed by atoms with Crippen molar-refractivity contribution in [3.63, 3.8) is 0 Å². The quantitative estimate of drug-likeness (QED) is 0.628. The molecule has 0 spiro atoms. The van der Waals surface area contributed by atoms with Gasteiger partial charge >= 0.3 is 0 Å². The number of benzene rings is 1. The van der Waals surface area contributed by atoms with E-state index in [-0.39, 0.29) is 0 Å². The number of aryl methyl sites for hydroxylation is 2. The van der Waals surface area contributed by atoms with E-state index in [1.165, 1.54) is 5.69 Å². The Kier molecular flexibility index (Phi) is 2.01. The average molecular weight is 214 g/mol. The first kappa shape index (κ1) is 8.92. The Labute approximate surface area is 86.9 Å². The second-order valence-electron chi connectivity index (χ2n) is 3.17. The van der Waals surface area contributed by atoms with Crippen molar-refractivity contribution in [1.82, 2.24) is 4.57 Å². The zero-order valence-electron chi connectivity index (χ0n) is 7.44. The summed E-state index contributed by atoms with van der Waals surface area (Å²) in [5.41, 5.74) is 2.32. The number of hydrogen-bond donors (Lipinski definition) is 0. The van der Waals surface area contributed by atoms with Crippen LogP contribution in [0.15, 0.2) is 18.2 Å². The lowest BCUT2D eigenvalue weighted by atomic mass is 10.2. The van der Waals surface area contributed by atoms with Crippen molar-refractivity contribution in [3.05, 3.63) is 33.9 Å². The van der Waals surface area contributed by atoms with Gasteiger partial charge in [-0.25, -0.2) is 0 Å². The van der Waals surface area contributed by atoms with E-state index in [2.05, 4.69) is 17.6 Å². The Bertz CT molecular complexity index is 471. The number of halogens is 2. The normalized spacial score (nSPS) is 11.1. The molecule has 0 atom stereocenters. The zero-order chi connectivity index (χ0) is 9.59. The smallest absolute Gasteiger partial charge is 0.0613 e. The van der Waals surface area contributed by atoms with E-state index < -0.39 is 0 Å². The van der Waals surface area contributed by atoms with E-state index in [4.69, 9.17) is 23.2 Å². The number of aromatic nitrogens is 1. The maximum Gasteiger partial charge on any atom is 0.0613 e. The average Bonchev–Trinajstić information content (AvgIpc) is 2.32. The van der Waals surface area contributed by atoms with Gasteiger partial charge in [0.25, 0.3) is 0 Å². The maximum atomic E-state index is 5.92. The van der Waals surface area contributed by atoms with Gasteiger partial charge in [-0.05, 0) is 25.1 Å². The van der Waals surface area contributed by atoms with Gasteiger partial charge in [-0.15, -0.1) is 0 Å². The molecule has 0 bridgehead atoms. The Morgan fingerprint density at radius 1 is 1.08 bits per heavy atom. The van der Waals surface area contributed by atoms with Crippen molar-refractivity contribution in [2.75, 3.05) is 0 Å². The maximum absolute atomic E-state index is 5.92. The van der Waals surface area contributed by atoms with Crippen molar-refractivity contribution in [2.45, 2.75) is 6.92 Å². The Hall–Kier alpha value is -0.660. The van der Waals surface area contributed by atoms with E-state index >= 15 is 0 Å². The van der Waals surface area contributed by atoms with Gasteiger partial charge in [-0.3, -0.25) is 0 Å². The molecule has 68 valence electrons. The summed E-state index contributed by atoms with van der Waals surface area (Å²) in [6.07, 6.45) is 0. The first-order chi connectivity index (χ1) is 6.09. The lowest BCUT2D eigenvalue weighted by Crippen LogP contribution is -1.88. The van der Waals surface area contributed by atoms with Gasteiger partial charge in [0.2, 0.25) is 0 Å². The SMILES string of the molecule is Cc1cc2cc(Cl)c(Cl)cc2n1C. The zero-order valence-corrected chi connectivity index (χ0v) is 8.95. The van der Waals surface area contributed by atoms with Crippen LogP contribution in [0.25, 0.3) is 10.9 Å². The highest BCUT2D eigenvalue weighted by Gasteiger charge is 2.05. The van der Waals surface area contributed by atoms with Crippen LogP contribution in [-0.4, -0.2) is 4.57 Å². The lowest BCUT2D eigenvalue weighted by molar-refractivity contribution is 0.918. The molecule has 0 N–H and O–H groups in total. The Morgan fingerprint density at radius 2 is 1.69 bits per heavy atom. The molecule has 0 aliphatic rings.